The van der Waals surface area contributed by atoms with Crippen LogP contribution in [0.1, 0.15) is 11.3 Å². The monoisotopic (exact) mass is 371 g/mol. The Balaban J connectivity index is 1.78. The summed E-state index contributed by atoms with van der Waals surface area (Å²) in [7, 11) is 0. The minimum Gasteiger partial charge on any atom is -0.398 e. The van der Waals surface area contributed by atoms with Crippen molar-refractivity contribution in [1.29, 1.82) is 0 Å². The number of aromatic nitrogens is 1. The summed E-state index contributed by atoms with van der Waals surface area (Å²) in [6.07, 6.45) is 3.05. The molecule has 0 fully saturated rings. The van der Waals surface area contributed by atoms with Crippen LogP contribution in [0.5, 0.6) is 0 Å². The van der Waals surface area contributed by atoms with Crippen molar-refractivity contribution in [3.05, 3.63) is 69.8 Å². The number of hydrogen-bond acceptors (Lipinski definition) is 3. The van der Waals surface area contributed by atoms with Crippen LogP contribution < -0.4 is 11.1 Å². The number of nitrogens with one attached hydrogen (secondary N) is 1. The van der Waals surface area contributed by atoms with Crippen molar-refractivity contribution in [3.63, 3.8) is 0 Å². The van der Waals surface area contributed by atoms with Gasteiger partial charge in [-0.25, -0.2) is 0 Å². The molecule has 1 heterocycles. The Morgan fingerprint density at radius 1 is 1.16 bits per heavy atom. The molecule has 0 bridgehead atoms. The molecule has 0 saturated carbocycles. The van der Waals surface area contributed by atoms with Gasteiger partial charge in [0.05, 0.1) is 5.52 Å². The molecule has 25 heavy (non-hydrogen) atoms. The number of halogens is 2. The Morgan fingerprint density at radius 2 is 1.96 bits per heavy atom. The largest absolute Gasteiger partial charge is 0.398 e. The van der Waals surface area contributed by atoms with E-state index in [0.29, 0.717) is 27.0 Å². The molecule has 0 radical (unpaired) electrons. The number of pyridine rings is 1. The number of hydrogen-bond donors (Lipinski definition) is 2. The Bertz CT molecular complexity index is 999. The van der Waals surface area contributed by atoms with E-state index in [9.17, 15) is 4.79 Å². The standard InChI is InChI=1S/C19H15Cl2N3O/c1-11-8-17(22)15-10-14(5-6-18(15)23-11)24-19(25)7-3-12-2-4-13(20)9-16(12)21/h2-10H,1H3,(H2,22,23)(H,24,25)/b7-3+. The number of nitrogens with two attached hydrogens (primary N) is 1. The summed E-state index contributed by atoms with van der Waals surface area (Å²) in [6.45, 7) is 1.89. The third kappa shape index (κ3) is 4.10. The summed E-state index contributed by atoms with van der Waals surface area (Å²) in [5, 5.41) is 4.63. The summed E-state index contributed by atoms with van der Waals surface area (Å²) in [5.41, 5.74) is 9.65. The van der Waals surface area contributed by atoms with E-state index in [-0.39, 0.29) is 5.91 Å². The first kappa shape index (κ1) is 17.3. The van der Waals surface area contributed by atoms with Crippen LogP contribution in [0.25, 0.3) is 17.0 Å². The predicted molar refractivity (Wildman–Crippen MR) is 105 cm³/mol. The molecule has 3 aromatic rings. The fourth-order valence-corrected chi connectivity index (χ4v) is 2.93. The van der Waals surface area contributed by atoms with Crippen LogP contribution in [0.3, 0.4) is 0 Å². The van der Waals surface area contributed by atoms with Crippen molar-refractivity contribution < 1.29 is 4.79 Å². The fraction of sp³-hybridized carbons (Fsp3) is 0.0526. The number of anilines is 2. The SMILES string of the molecule is Cc1cc(N)c2cc(NC(=O)/C=C/c3ccc(Cl)cc3Cl)ccc2n1. The molecular weight excluding hydrogens is 357 g/mol. The molecule has 0 aliphatic rings. The van der Waals surface area contributed by atoms with Crippen LogP contribution in [0.4, 0.5) is 11.4 Å². The van der Waals surface area contributed by atoms with Gasteiger partial charge >= 0.3 is 0 Å². The molecule has 1 amide bonds. The number of fused-ring (bicyclic) bond motifs is 1. The zero-order valence-electron chi connectivity index (χ0n) is 13.4. The van der Waals surface area contributed by atoms with Gasteiger partial charge in [-0.05, 0) is 55.0 Å². The Labute approximate surface area is 155 Å². The Morgan fingerprint density at radius 3 is 2.72 bits per heavy atom. The smallest absolute Gasteiger partial charge is 0.248 e. The van der Waals surface area contributed by atoms with E-state index >= 15 is 0 Å². The van der Waals surface area contributed by atoms with E-state index in [1.165, 1.54) is 6.08 Å². The summed E-state index contributed by atoms with van der Waals surface area (Å²) in [4.78, 5) is 16.5. The van der Waals surface area contributed by atoms with Crippen LogP contribution in [-0.4, -0.2) is 10.9 Å². The van der Waals surface area contributed by atoms with Crippen molar-refractivity contribution in [2.75, 3.05) is 11.1 Å². The van der Waals surface area contributed by atoms with Crippen LogP contribution in [0, 0.1) is 6.92 Å². The van der Waals surface area contributed by atoms with Crippen molar-refractivity contribution in [1.82, 2.24) is 4.98 Å². The third-order valence-corrected chi connectivity index (χ3v) is 4.18. The van der Waals surface area contributed by atoms with Crippen molar-refractivity contribution in [2.45, 2.75) is 6.92 Å². The van der Waals surface area contributed by atoms with E-state index < -0.39 is 0 Å². The van der Waals surface area contributed by atoms with Gasteiger partial charge in [-0.1, -0.05) is 29.3 Å². The van der Waals surface area contributed by atoms with Gasteiger partial charge in [0.25, 0.3) is 0 Å². The lowest BCUT2D eigenvalue weighted by molar-refractivity contribution is -0.111. The molecule has 0 unspecified atom stereocenters. The van der Waals surface area contributed by atoms with E-state index in [2.05, 4.69) is 10.3 Å². The van der Waals surface area contributed by atoms with Gasteiger partial charge in [0.1, 0.15) is 0 Å². The van der Waals surface area contributed by atoms with Crippen LogP contribution >= 0.6 is 23.2 Å². The van der Waals surface area contributed by atoms with Gasteiger partial charge in [-0.15, -0.1) is 0 Å². The van der Waals surface area contributed by atoms with E-state index in [1.54, 1.807) is 42.5 Å². The van der Waals surface area contributed by atoms with Crippen LogP contribution in [-0.2, 0) is 4.79 Å². The molecule has 126 valence electrons. The first-order valence-electron chi connectivity index (χ1n) is 7.53. The molecule has 3 rings (SSSR count). The lowest BCUT2D eigenvalue weighted by atomic mass is 10.1. The van der Waals surface area contributed by atoms with Crippen LogP contribution in [0.2, 0.25) is 10.0 Å². The van der Waals surface area contributed by atoms with Crippen molar-refractivity contribution in [3.8, 4) is 0 Å². The minimum absolute atomic E-state index is 0.274. The highest BCUT2D eigenvalue weighted by Crippen LogP contribution is 2.24. The van der Waals surface area contributed by atoms with Gasteiger partial charge in [0.2, 0.25) is 5.91 Å². The molecule has 0 aliphatic carbocycles. The van der Waals surface area contributed by atoms with Crippen molar-refractivity contribution in [2.24, 2.45) is 0 Å². The maximum absolute atomic E-state index is 12.1. The first-order chi connectivity index (χ1) is 11.9. The molecule has 0 aliphatic heterocycles. The number of nitrogen functional groups attached to an aromatic ring is 1. The highest BCUT2D eigenvalue weighted by Gasteiger charge is 2.05. The number of carbonyl (C=O) groups excluding carboxylic acids is 1. The molecular formula is C19H15Cl2N3O. The number of rotatable bonds is 3. The average Bonchev–Trinajstić information content (AvgIpc) is 2.54. The van der Waals surface area contributed by atoms with Gasteiger partial charge in [-0.2, -0.15) is 0 Å². The van der Waals surface area contributed by atoms with Gasteiger partial charge < -0.3 is 11.1 Å². The molecule has 4 nitrogen and oxygen atoms in total. The van der Waals surface area contributed by atoms with E-state index in [1.807, 2.05) is 13.0 Å². The lowest BCUT2D eigenvalue weighted by Crippen LogP contribution is -2.07. The second kappa shape index (κ2) is 7.13. The second-order valence-corrected chi connectivity index (χ2v) is 6.42. The summed E-state index contributed by atoms with van der Waals surface area (Å²) in [6, 6.07) is 12.3. The van der Waals surface area contributed by atoms with Crippen LogP contribution in [0.15, 0.2) is 48.5 Å². The van der Waals surface area contributed by atoms with Crippen molar-refractivity contribution >= 4 is 57.5 Å². The Hall–Kier alpha value is -2.56. The zero-order valence-corrected chi connectivity index (χ0v) is 14.9. The van der Waals surface area contributed by atoms with E-state index in [4.69, 9.17) is 28.9 Å². The number of carbonyl (C=O) groups is 1. The molecule has 2 aromatic carbocycles. The number of benzene rings is 2. The molecule has 0 saturated heterocycles. The quantitative estimate of drug-likeness (QED) is 0.630. The normalized spacial score (nSPS) is 11.2. The third-order valence-electron chi connectivity index (χ3n) is 3.61. The highest BCUT2D eigenvalue weighted by molar-refractivity contribution is 6.35. The molecule has 0 atom stereocenters. The molecule has 0 spiro atoms. The first-order valence-corrected chi connectivity index (χ1v) is 8.29. The van der Waals surface area contributed by atoms with E-state index in [0.717, 1.165) is 16.6 Å². The topological polar surface area (TPSA) is 68.0 Å². The maximum atomic E-state index is 12.1. The number of aryl methyl sites for hydroxylation is 1. The Kier molecular flexibility index (Phi) is 4.93. The van der Waals surface area contributed by atoms with Gasteiger partial charge in [0, 0.05) is 38.6 Å². The fourth-order valence-electron chi connectivity index (χ4n) is 2.45. The molecule has 3 N–H and O–H groups in total. The summed E-state index contributed by atoms with van der Waals surface area (Å²) >= 11 is 11.9. The average molecular weight is 372 g/mol. The number of amides is 1. The van der Waals surface area contributed by atoms with Gasteiger partial charge in [0.15, 0.2) is 0 Å². The maximum Gasteiger partial charge on any atom is 0.248 e. The van der Waals surface area contributed by atoms with Gasteiger partial charge in [-0.3, -0.25) is 9.78 Å². The second-order valence-electron chi connectivity index (χ2n) is 5.57. The zero-order chi connectivity index (χ0) is 18.0. The summed E-state index contributed by atoms with van der Waals surface area (Å²) < 4.78 is 0. The predicted octanol–water partition coefficient (Wildman–Crippen LogP) is 5.08. The highest BCUT2D eigenvalue weighted by atomic mass is 35.5. The minimum atomic E-state index is -0.274. The molecule has 6 heteroatoms. The lowest BCUT2D eigenvalue weighted by Gasteiger charge is -2.07. The summed E-state index contributed by atoms with van der Waals surface area (Å²) in [5.74, 6) is -0.274. The molecule has 1 aromatic heterocycles. The number of nitrogens with zero attached hydrogens (tertiary/aromatic N) is 1.